The molecule has 0 bridgehead atoms. The zero-order valence-corrected chi connectivity index (χ0v) is 22.8. The van der Waals surface area contributed by atoms with Gasteiger partial charge in [-0.2, -0.15) is 0 Å². The highest BCUT2D eigenvalue weighted by Crippen LogP contribution is 2.57. The maximum atomic E-state index is 13.7. The van der Waals surface area contributed by atoms with Crippen molar-refractivity contribution in [3.63, 3.8) is 0 Å². The first-order chi connectivity index (χ1) is 17.6. The van der Waals surface area contributed by atoms with Crippen LogP contribution in [0, 0.1) is 5.92 Å². The van der Waals surface area contributed by atoms with E-state index in [0.29, 0.717) is 11.4 Å². The maximum Gasteiger partial charge on any atom is 0.330 e. The SMILES string of the molecule is CC(C)OC(=O)[C@@H](C)N[P@](=O)(OC[C@H]1O[C@@H](n2ccc(=O)[nH]c2=O)[C@](C)(O)[C@@H]1O)SCC1CC(=O)NC1=O. The van der Waals surface area contributed by atoms with Gasteiger partial charge >= 0.3 is 18.4 Å². The Morgan fingerprint density at radius 2 is 2.03 bits per heavy atom. The Morgan fingerprint density at radius 3 is 2.61 bits per heavy atom. The molecule has 1 unspecified atom stereocenters. The summed E-state index contributed by atoms with van der Waals surface area (Å²) in [5.41, 5.74) is -3.57. The van der Waals surface area contributed by atoms with Crippen LogP contribution in [-0.4, -0.2) is 79.9 Å². The third-order valence-electron chi connectivity index (χ3n) is 5.84. The van der Waals surface area contributed by atoms with Crippen LogP contribution in [0.3, 0.4) is 0 Å². The lowest BCUT2D eigenvalue weighted by Crippen LogP contribution is -2.47. The predicted molar refractivity (Wildman–Crippen MR) is 133 cm³/mol. The molecule has 0 spiro atoms. The fourth-order valence-electron chi connectivity index (χ4n) is 3.83. The third kappa shape index (κ3) is 7.00. The molecule has 2 amide bonds. The van der Waals surface area contributed by atoms with E-state index in [2.05, 4.69) is 10.4 Å². The monoisotopic (exact) mass is 578 g/mol. The van der Waals surface area contributed by atoms with Crippen LogP contribution >= 0.6 is 18.1 Å². The summed E-state index contributed by atoms with van der Waals surface area (Å²) in [5, 5.41) is 26.3. The summed E-state index contributed by atoms with van der Waals surface area (Å²) < 4.78 is 31.0. The Kier molecular flexibility index (Phi) is 9.40. The number of nitrogens with zero attached hydrogens (tertiary/aromatic N) is 1. The van der Waals surface area contributed by atoms with E-state index in [-0.39, 0.29) is 12.2 Å². The van der Waals surface area contributed by atoms with Gasteiger partial charge in [0.05, 0.1) is 18.6 Å². The van der Waals surface area contributed by atoms with Crippen molar-refractivity contribution in [2.45, 2.75) is 70.3 Å². The average Bonchev–Trinajstić information content (AvgIpc) is 3.25. The smallest absolute Gasteiger partial charge is 0.330 e. The summed E-state index contributed by atoms with van der Waals surface area (Å²) in [6.07, 6.45) is -3.78. The lowest BCUT2D eigenvalue weighted by atomic mass is 9.96. The van der Waals surface area contributed by atoms with Gasteiger partial charge in [0, 0.05) is 24.4 Å². The molecule has 15 nitrogen and oxygen atoms in total. The number of carbonyl (C=O) groups excluding carboxylic acids is 3. The first-order valence-corrected chi connectivity index (χ1v) is 14.9. The molecule has 2 aliphatic rings. The molecule has 0 aliphatic carbocycles. The lowest BCUT2D eigenvalue weighted by Gasteiger charge is -2.27. The van der Waals surface area contributed by atoms with E-state index in [0.717, 1.165) is 16.8 Å². The van der Waals surface area contributed by atoms with Crippen LogP contribution in [0.5, 0.6) is 0 Å². The number of aromatic amines is 1. The van der Waals surface area contributed by atoms with Gasteiger partial charge in [0.15, 0.2) is 6.23 Å². The van der Waals surface area contributed by atoms with Gasteiger partial charge in [-0.15, -0.1) is 0 Å². The highest BCUT2D eigenvalue weighted by molar-refractivity contribution is 8.56. The topological polar surface area (TPSA) is 215 Å². The van der Waals surface area contributed by atoms with Crippen LogP contribution < -0.4 is 21.7 Å². The molecule has 2 fully saturated rings. The fourth-order valence-corrected chi connectivity index (χ4v) is 7.85. The predicted octanol–water partition coefficient (Wildman–Crippen LogP) is -1.00. The van der Waals surface area contributed by atoms with Gasteiger partial charge in [-0.05, 0) is 27.7 Å². The molecule has 1 aromatic heterocycles. The van der Waals surface area contributed by atoms with Gasteiger partial charge in [0.25, 0.3) is 5.56 Å². The number of hydrogen-bond donors (Lipinski definition) is 5. The first-order valence-electron chi connectivity index (χ1n) is 11.7. The lowest BCUT2D eigenvalue weighted by molar-refractivity contribution is -0.149. The molecule has 212 valence electrons. The Hall–Kier alpha value is -2.33. The van der Waals surface area contributed by atoms with Crippen molar-refractivity contribution in [1.82, 2.24) is 20.0 Å². The number of imide groups is 1. The second kappa shape index (κ2) is 11.8. The van der Waals surface area contributed by atoms with E-state index in [4.69, 9.17) is 14.0 Å². The standard InChI is InChI=1S/C21H31N4O11PS/c1-10(2)35-18(30)11(3)24-37(33,38-9-12-7-15(27)22-17(12)29)34-8-13-16(28)21(4,32)19(36-13)25-6-5-14(26)23-20(25)31/h5-6,10-13,16,19,28,32H,7-9H2,1-4H3,(H,24,33)(H,22,27,29)(H,23,26,31)/t11-,12?,13-,16-,19-,21-,37+/m1/s1. The Balaban J connectivity index is 1.76. The van der Waals surface area contributed by atoms with E-state index in [1.807, 2.05) is 4.98 Å². The van der Waals surface area contributed by atoms with Crippen molar-refractivity contribution in [3.05, 3.63) is 33.1 Å². The molecule has 2 aliphatic heterocycles. The number of H-pyrrole nitrogens is 1. The molecule has 1 aromatic rings. The molecule has 3 rings (SSSR count). The van der Waals surface area contributed by atoms with Crippen LogP contribution in [0.4, 0.5) is 0 Å². The van der Waals surface area contributed by atoms with Gasteiger partial charge in [-0.1, -0.05) is 11.4 Å². The minimum Gasteiger partial charge on any atom is -0.462 e. The zero-order valence-electron chi connectivity index (χ0n) is 21.1. The largest absolute Gasteiger partial charge is 0.462 e. The third-order valence-corrected chi connectivity index (χ3v) is 10.0. The molecule has 0 radical (unpaired) electrons. The summed E-state index contributed by atoms with van der Waals surface area (Å²) in [7, 11) is 0. The normalized spacial score (nSPS) is 29.8. The molecule has 0 aromatic carbocycles. The number of hydrogen-bond acceptors (Lipinski definition) is 12. The Morgan fingerprint density at radius 1 is 1.34 bits per heavy atom. The average molecular weight is 579 g/mol. The molecule has 7 atom stereocenters. The molecule has 38 heavy (non-hydrogen) atoms. The molecule has 0 saturated carbocycles. The zero-order chi connectivity index (χ0) is 28.4. The minimum atomic E-state index is -4.01. The number of amides is 2. The summed E-state index contributed by atoms with van der Waals surface area (Å²) in [4.78, 5) is 61.4. The number of rotatable bonds is 11. The summed E-state index contributed by atoms with van der Waals surface area (Å²) in [5.74, 6) is -2.56. The van der Waals surface area contributed by atoms with E-state index in [1.165, 1.54) is 13.8 Å². The van der Waals surface area contributed by atoms with Crippen molar-refractivity contribution in [2.24, 2.45) is 5.92 Å². The van der Waals surface area contributed by atoms with Gasteiger partial charge < -0.3 is 24.2 Å². The number of ether oxygens (including phenoxy) is 2. The Bertz CT molecular complexity index is 1230. The van der Waals surface area contributed by atoms with Gasteiger partial charge in [-0.25, -0.2) is 9.88 Å². The molecular formula is C21H31N4O11PS. The van der Waals surface area contributed by atoms with E-state index in [1.54, 1.807) is 13.8 Å². The molecular weight excluding hydrogens is 547 g/mol. The highest BCUT2D eigenvalue weighted by Gasteiger charge is 2.54. The van der Waals surface area contributed by atoms with Crippen molar-refractivity contribution >= 4 is 35.9 Å². The van der Waals surface area contributed by atoms with Gasteiger partial charge in [-0.3, -0.25) is 38.6 Å². The summed E-state index contributed by atoms with van der Waals surface area (Å²) in [6, 6.07) is -0.0624. The fraction of sp³-hybridized carbons (Fsp3) is 0.667. The van der Waals surface area contributed by atoms with Crippen LogP contribution in [0.2, 0.25) is 0 Å². The van der Waals surface area contributed by atoms with Crippen LogP contribution in [0.25, 0.3) is 0 Å². The van der Waals surface area contributed by atoms with Crippen LogP contribution in [0.15, 0.2) is 21.9 Å². The maximum absolute atomic E-state index is 13.7. The summed E-state index contributed by atoms with van der Waals surface area (Å²) in [6.45, 7) is 1.31. The number of esters is 1. The number of nitrogens with one attached hydrogen (secondary N) is 3. The number of aliphatic hydroxyl groups is 2. The molecule has 2 saturated heterocycles. The van der Waals surface area contributed by atoms with E-state index in [9.17, 15) is 38.8 Å². The van der Waals surface area contributed by atoms with Gasteiger partial charge in [0.2, 0.25) is 11.8 Å². The Labute approximate surface area is 220 Å². The number of aliphatic hydroxyl groups excluding tert-OH is 1. The first kappa shape index (κ1) is 30.2. The van der Waals surface area contributed by atoms with Crippen molar-refractivity contribution in [3.8, 4) is 0 Å². The van der Waals surface area contributed by atoms with Crippen LogP contribution in [-0.2, 0) is 32.9 Å². The van der Waals surface area contributed by atoms with Crippen molar-refractivity contribution < 1.29 is 43.2 Å². The highest BCUT2D eigenvalue weighted by atomic mass is 32.7. The van der Waals surface area contributed by atoms with Crippen LogP contribution in [0.1, 0.15) is 40.3 Å². The van der Waals surface area contributed by atoms with Crippen molar-refractivity contribution in [2.75, 3.05) is 12.4 Å². The minimum absolute atomic E-state index is 0.0883. The number of aromatic nitrogens is 2. The van der Waals surface area contributed by atoms with Gasteiger partial charge in [0.1, 0.15) is 23.9 Å². The van der Waals surface area contributed by atoms with E-state index >= 15 is 0 Å². The molecule has 3 heterocycles. The quantitative estimate of drug-likeness (QED) is 0.121. The van der Waals surface area contributed by atoms with Crippen molar-refractivity contribution in [1.29, 1.82) is 0 Å². The molecule has 5 N–H and O–H groups in total. The summed E-state index contributed by atoms with van der Waals surface area (Å²) >= 11 is 0.684. The van der Waals surface area contributed by atoms with E-state index < -0.39 is 84.5 Å². The number of carbonyl (C=O) groups is 3. The second-order valence-electron chi connectivity index (χ2n) is 9.45. The second-order valence-corrected chi connectivity index (χ2v) is 13.8. The molecule has 17 heteroatoms.